The Morgan fingerprint density at radius 3 is 2.44 bits per heavy atom. The number of amides is 1. The summed E-state index contributed by atoms with van der Waals surface area (Å²) >= 11 is 0. The summed E-state index contributed by atoms with van der Waals surface area (Å²) in [6.07, 6.45) is -4.61. The summed E-state index contributed by atoms with van der Waals surface area (Å²) in [5.41, 5.74) is 3.78. The third-order valence-corrected chi connectivity index (χ3v) is 4.33. The van der Waals surface area contributed by atoms with Crippen molar-refractivity contribution in [3.63, 3.8) is 0 Å². The van der Waals surface area contributed by atoms with Gasteiger partial charge in [0.15, 0.2) is 0 Å². The van der Waals surface area contributed by atoms with E-state index >= 15 is 0 Å². The first kappa shape index (κ1) is 18.6. The molecule has 3 rings (SSSR count). The second kappa shape index (κ2) is 6.53. The van der Waals surface area contributed by atoms with Crippen molar-refractivity contribution in [2.45, 2.75) is 19.6 Å². The van der Waals surface area contributed by atoms with Crippen LogP contribution in [0.3, 0.4) is 0 Å². The number of primary amides is 1. The number of aryl methyl sites for hydroxylation is 1. The number of hydrogen-bond acceptors (Lipinski definition) is 2. The first-order chi connectivity index (χ1) is 12.6. The summed E-state index contributed by atoms with van der Waals surface area (Å²) < 4.78 is 53.8. The molecule has 0 radical (unpaired) electrons. The Morgan fingerprint density at radius 1 is 1.15 bits per heavy atom. The van der Waals surface area contributed by atoms with Crippen LogP contribution in [0.2, 0.25) is 0 Å². The minimum atomic E-state index is -4.61. The van der Waals surface area contributed by atoms with Crippen molar-refractivity contribution in [2.75, 3.05) is 0 Å². The van der Waals surface area contributed by atoms with Gasteiger partial charge in [0.25, 0.3) is 11.5 Å². The smallest absolute Gasteiger partial charge is 0.365 e. The molecule has 1 amide bonds. The zero-order valence-electron chi connectivity index (χ0n) is 14.1. The van der Waals surface area contributed by atoms with Gasteiger partial charge in [0.2, 0.25) is 0 Å². The summed E-state index contributed by atoms with van der Waals surface area (Å²) in [4.78, 5) is 24.5. The van der Waals surface area contributed by atoms with Crippen LogP contribution in [0, 0.1) is 12.7 Å². The van der Waals surface area contributed by atoms with E-state index in [-0.39, 0.29) is 28.6 Å². The fraction of sp³-hybridized carbons (Fsp3) is 0.158. The maximum atomic E-state index is 13.5. The largest absolute Gasteiger partial charge is 0.416 e. The van der Waals surface area contributed by atoms with Gasteiger partial charge in [0.05, 0.1) is 17.6 Å². The molecule has 1 heterocycles. The highest BCUT2D eigenvalue weighted by molar-refractivity contribution is 5.99. The second-order valence-electron chi connectivity index (χ2n) is 6.12. The fourth-order valence-electron chi connectivity index (χ4n) is 3.05. The first-order valence-electron chi connectivity index (χ1n) is 7.88. The van der Waals surface area contributed by atoms with Crippen molar-refractivity contribution in [1.82, 2.24) is 4.57 Å². The van der Waals surface area contributed by atoms with Gasteiger partial charge in [-0.05, 0) is 42.3 Å². The van der Waals surface area contributed by atoms with Crippen LogP contribution in [0.25, 0.3) is 10.9 Å². The van der Waals surface area contributed by atoms with E-state index in [0.717, 1.165) is 22.8 Å². The number of carbonyl (C=O) groups excluding carboxylic acids is 1. The highest BCUT2D eigenvalue weighted by Gasteiger charge is 2.31. The summed E-state index contributed by atoms with van der Waals surface area (Å²) in [6, 6.07) is 8.22. The molecule has 2 N–H and O–H groups in total. The molecule has 0 aliphatic heterocycles. The molecule has 2 aromatic carbocycles. The minimum Gasteiger partial charge on any atom is -0.365 e. The molecule has 0 unspecified atom stereocenters. The van der Waals surface area contributed by atoms with Gasteiger partial charge >= 0.3 is 6.18 Å². The van der Waals surface area contributed by atoms with Crippen LogP contribution in [-0.4, -0.2) is 10.5 Å². The van der Waals surface area contributed by atoms with E-state index in [4.69, 9.17) is 5.73 Å². The third kappa shape index (κ3) is 3.42. The van der Waals surface area contributed by atoms with E-state index in [1.165, 1.54) is 31.2 Å². The molecule has 0 atom stereocenters. The van der Waals surface area contributed by atoms with Crippen molar-refractivity contribution in [2.24, 2.45) is 5.73 Å². The van der Waals surface area contributed by atoms with Gasteiger partial charge in [-0.1, -0.05) is 18.2 Å². The van der Waals surface area contributed by atoms with Crippen molar-refractivity contribution in [3.05, 3.63) is 80.9 Å². The Bertz CT molecular complexity index is 1120. The highest BCUT2D eigenvalue weighted by atomic mass is 19.4. The van der Waals surface area contributed by atoms with Crippen molar-refractivity contribution < 1.29 is 22.4 Å². The average molecular weight is 378 g/mol. The average Bonchev–Trinajstić information content (AvgIpc) is 2.57. The maximum Gasteiger partial charge on any atom is 0.416 e. The molecule has 0 spiro atoms. The van der Waals surface area contributed by atoms with Crippen LogP contribution in [0.4, 0.5) is 17.6 Å². The number of nitrogens with zero attached hydrogens (tertiary/aromatic N) is 1. The van der Waals surface area contributed by atoms with Gasteiger partial charge in [0, 0.05) is 5.39 Å². The zero-order valence-corrected chi connectivity index (χ0v) is 14.1. The highest BCUT2D eigenvalue weighted by Crippen LogP contribution is 2.32. The van der Waals surface area contributed by atoms with Crippen LogP contribution in [0.5, 0.6) is 0 Å². The van der Waals surface area contributed by atoms with E-state index in [1.54, 1.807) is 0 Å². The summed E-state index contributed by atoms with van der Waals surface area (Å²) in [5.74, 6) is -1.53. The van der Waals surface area contributed by atoms with Crippen LogP contribution < -0.4 is 11.3 Å². The second-order valence-corrected chi connectivity index (χ2v) is 6.12. The van der Waals surface area contributed by atoms with E-state index in [9.17, 15) is 27.2 Å². The maximum absolute atomic E-state index is 13.5. The molecule has 8 heteroatoms. The zero-order chi connectivity index (χ0) is 19.9. The molecule has 0 aliphatic rings. The lowest BCUT2D eigenvalue weighted by molar-refractivity contribution is -0.137. The first-order valence-corrected chi connectivity index (χ1v) is 7.88. The standard InChI is InChI=1S/C19H14F4N2O2/c1-10-14-6-5-12(19(21,22)23)8-15(14)25(18(27)16(10)17(24)26)9-11-3-2-4-13(20)7-11/h2-8H,9H2,1H3,(H2,24,26). The van der Waals surface area contributed by atoms with Crippen LogP contribution >= 0.6 is 0 Å². The Kier molecular flexibility index (Phi) is 4.51. The number of rotatable bonds is 3. The van der Waals surface area contributed by atoms with E-state index < -0.39 is 29.0 Å². The lowest BCUT2D eigenvalue weighted by Crippen LogP contribution is -2.32. The molecule has 0 aliphatic carbocycles. The number of nitrogens with two attached hydrogens (primary N) is 1. The number of hydrogen-bond donors (Lipinski definition) is 1. The number of halogens is 4. The monoisotopic (exact) mass is 378 g/mol. The Labute approximate surface area is 150 Å². The Balaban J connectivity index is 2.36. The predicted octanol–water partition coefficient (Wildman–Crippen LogP) is 3.62. The van der Waals surface area contributed by atoms with Crippen molar-refractivity contribution in [3.8, 4) is 0 Å². The Morgan fingerprint density at radius 2 is 1.85 bits per heavy atom. The molecule has 3 aromatic rings. The predicted molar refractivity (Wildman–Crippen MR) is 92.0 cm³/mol. The topological polar surface area (TPSA) is 65.1 Å². The van der Waals surface area contributed by atoms with Crippen molar-refractivity contribution >= 4 is 16.8 Å². The summed E-state index contributed by atoms with van der Waals surface area (Å²) in [7, 11) is 0. The molecule has 140 valence electrons. The molecule has 0 saturated carbocycles. The molecule has 0 bridgehead atoms. The van der Waals surface area contributed by atoms with Gasteiger partial charge in [-0.3, -0.25) is 9.59 Å². The molecule has 0 saturated heterocycles. The van der Waals surface area contributed by atoms with E-state index in [1.807, 2.05) is 0 Å². The number of aromatic nitrogens is 1. The molecule has 0 fully saturated rings. The van der Waals surface area contributed by atoms with Gasteiger partial charge in [0.1, 0.15) is 11.4 Å². The lowest BCUT2D eigenvalue weighted by atomic mass is 10.0. The number of pyridine rings is 1. The molecule has 4 nitrogen and oxygen atoms in total. The quantitative estimate of drug-likeness (QED) is 0.708. The Hall–Kier alpha value is -3.16. The normalized spacial score (nSPS) is 11.7. The minimum absolute atomic E-state index is 0.0124. The molecule has 1 aromatic heterocycles. The van der Waals surface area contributed by atoms with Gasteiger partial charge < -0.3 is 10.3 Å². The van der Waals surface area contributed by atoms with Crippen LogP contribution in [-0.2, 0) is 12.7 Å². The third-order valence-electron chi connectivity index (χ3n) is 4.33. The van der Waals surface area contributed by atoms with Gasteiger partial charge in [-0.2, -0.15) is 13.2 Å². The number of benzene rings is 2. The fourth-order valence-corrected chi connectivity index (χ4v) is 3.05. The number of carbonyl (C=O) groups is 1. The van der Waals surface area contributed by atoms with Crippen molar-refractivity contribution in [1.29, 1.82) is 0 Å². The molecular formula is C19H14F4N2O2. The number of alkyl halides is 3. The molecular weight excluding hydrogens is 364 g/mol. The summed E-state index contributed by atoms with van der Waals surface area (Å²) in [6.45, 7) is 1.23. The van der Waals surface area contributed by atoms with Gasteiger partial charge in [-0.15, -0.1) is 0 Å². The lowest BCUT2D eigenvalue weighted by Gasteiger charge is -2.17. The molecule has 27 heavy (non-hydrogen) atoms. The van der Waals surface area contributed by atoms with E-state index in [2.05, 4.69) is 0 Å². The SMILES string of the molecule is Cc1c(C(N)=O)c(=O)n(Cc2cccc(F)c2)c2cc(C(F)(F)F)ccc12. The van der Waals surface area contributed by atoms with Crippen LogP contribution in [0.15, 0.2) is 47.3 Å². The summed E-state index contributed by atoms with van der Waals surface area (Å²) in [5, 5.41) is 0.285. The van der Waals surface area contributed by atoms with Gasteiger partial charge in [-0.25, -0.2) is 4.39 Å². The van der Waals surface area contributed by atoms with Crippen LogP contribution in [0.1, 0.15) is 27.0 Å². The number of fused-ring (bicyclic) bond motifs is 1. The van der Waals surface area contributed by atoms with E-state index in [0.29, 0.717) is 5.56 Å².